The quantitative estimate of drug-likeness (QED) is 0.889. The third-order valence-electron chi connectivity index (χ3n) is 4.71. The topological polar surface area (TPSA) is 88.6 Å². The van der Waals surface area contributed by atoms with Gasteiger partial charge in [-0.2, -0.15) is 0 Å². The number of ether oxygens (including phenoxy) is 3. The van der Waals surface area contributed by atoms with E-state index >= 15 is 0 Å². The van der Waals surface area contributed by atoms with Crippen molar-refractivity contribution in [3.8, 4) is 17.2 Å². The Kier molecular flexibility index (Phi) is 6.13. The standard InChI is InChI=1S/C17H23N3O4.ClH/c1-22-13-8-12-14(16(24-3)15(13)23-2)19-9-20(17(12)21)11-6-4-10(18)5-7-11;/h8-11H,4-7,18H2,1-3H3;1H. The van der Waals surface area contributed by atoms with Gasteiger partial charge < -0.3 is 19.9 Å². The van der Waals surface area contributed by atoms with E-state index in [1.54, 1.807) is 17.0 Å². The monoisotopic (exact) mass is 369 g/mol. The Morgan fingerprint density at radius 3 is 2.28 bits per heavy atom. The van der Waals surface area contributed by atoms with Gasteiger partial charge in [-0.05, 0) is 31.7 Å². The molecular formula is C17H24ClN3O4. The zero-order chi connectivity index (χ0) is 17.3. The van der Waals surface area contributed by atoms with Crippen LogP contribution in [0.5, 0.6) is 17.2 Å². The van der Waals surface area contributed by atoms with Crippen molar-refractivity contribution >= 4 is 23.3 Å². The van der Waals surface area contributed by atoms with Gasteiger partial charge in [0.25, 0.3) is 5.56 Å². The summed E-state index contributed by atoms with van der Waals surface area (Å²) in [6.07, 6.45) is 5.22. The number of nitrogens with zero attached hydrogens (tertiary/aromatic N) is 2. The SMILES string of the molecule is COc1cc2c(=O)n(C3CCC(N)CC3)cnc2c(OC)c1OC.Cl. The van der Waals surface area contributed by atoms with Gasteiger partial charge in [0.05, 0.1) is 33.0 Å². The van der Waals surface area contributed by atoms with Crippen LogP contribution in [0.3, 0.4) is 0 Å². The van der Waals surface area contributed by atoms with Crippen LogP contribution >= 0.6 is 12.4 Å². The Morgan fingerprint density at radius 1 is 1.08 bits per heavy atom. The molecule has 1 aromatic carbocycles. The molecule has 138 valence electrons. The molecule has 3 rings (SSSR count). The van der Waals surface area contributed by atoms with Crippen molar-refractivity contribution in [1.29, 1.82) is 0 Å². The molecule has 0 radical (unpaired) electrons. The number of hydrogen-bond donors (Lipinski definition) is 1. The summed E-state index contributed by atoms with van der Waals surface area (Å²) in [6, 6.07) is 2.03. The van der Waals surface area contributed by atoms with E-state index < -0.39 is 0 Å². The predicted molar refractivity (Wildman–Crippen MR) is 98.4 cm³/mol. The van der Waals surface area contributed by atoms with Crippen molar-refractivity contribution in [3.05, 3.63) is 22.7 Å². The molecule has 1 aliphatic carbocycles. The van der Waals surface area contributed by atoms with Crippen LogP contribution in [0.1, 0.15) is 31.7 Å². The van der Waals surface area contributed by atoms with E-state index in [4.69, 9.17) is 19.9 Å². The zero-order valence-corrected chi connectivity index (χ0v) is 15.5. The molecule has 8 heteroatoms. The first-order chi connectivity index (χ1) is 11.6. The summed E-state index contributed by atoms with van der Waals surface area (Å²) in [6.45, 7) is 0. The van der Waals surface area contributed by atoms with Gasteiger partial charge in [0.15, 0.2) is 11.5 Å². The fourth-order valence-electron chi connectivity index (χ4n) is 3.38. The fourth-order valence-corrected chi connectivity index (χ4v) is 3.38. The van der Waals surface area contributed by atoms with Crippen molar-refractivity contribution in [2.45, 2.75) is 37.8 Å². The third-order valence-corrected chi connectivity index (χ3v) is 4.71. The average molecular weight is 370 g/mol. The minimum absolute atomic E-state index is 0. The molecule has 0 unspecified atom stereocenters. The molecule has 0 atom stereocenters. The first-order valence-electron chi connectivity index (χ1n) is 8.06. The summed E-state index contributed by atoms with van der Waals surface area (Å²) in [7, 11) is 4.58. The number of aromatic nitrogens is 2. The summed E-state index contributed by atoms with van der Waals surface area (Å²) < 4.78 is 17.8. The van der Waals surface area contributed by atoms with E-state index in [-0.39, 0.29) is 30.0 Å². The molecule has 1 fully saturated rings. The molecular weight excluding hydrogens is 346 g/mol. The Labute approximate surface area is 152 Å². The van der Waals surface area contributed by atoms with Gasteiger partial charge in [-0.1, -0.05) is 0 Å². The molecule has 1 aliphatic rings. The number of halogens is 1. The van der Waals surface area contributed by atoms with Crippen LogP contribution in [0.15, 0.2) is 17.2 Å². The summed E-state index contributed by atoms with van der Waals surface area (Å²) in [4.78, 5) is 17.4. The molecule has 25 heavy (non-hydrogen) atoms. The number of rotatable bonds is 4. The van der Waals surface area contributed by atoms with E-state index in [1.807, 2.05) is 0 Å². The van der Waals surface area contributed by atoms with Crippen molar-refractivity contribution in [3.63, 3.8) is 0 Å². The maximum absolute atomic E-state index is 13.0. The molecule has 2 N–H and O–H groups in total. The van der Waals surface area contributed by atoms with Crippen LogP contribution in [0.2, 0.25) is 0 Å². The minimum Gasteiger partial charge on any atom is -0.493 e. The largest absolute Gasteiger partial charge is 0.493 e. The number of hydrogen-bond acceptors (Lipinski definition) is 6. The first-order valence-corrected chi connectivity index (χ1v) is 8.06. The Balaban J connectivity index is 0.00000225. The highest BCUT2D eigenvalue weighted by Crippen LogP contribution is 2.41. The highest BCUT2D eigenvalue weighted by atomic mass is 35.5. The van der Waals surface area contributed by atoms with Crippen LogP contribution in [0.25, 0.3) is 10.9 Å². The smallest absolute Gasteiger partial charge is 0.261 e. The van der Waals surface area contributed by atoms with Gasteiger partial charge in [0, 0.05) is 12.1 Å². The second kappa shape index (κ2) is 7.93. The maximum atomic E-state index is 13.0. The molecule has 0 spiro atoms. The molecule has 1 heterocycles. The summed E-state index contributed by atoms with van der Waals surface area (Å²) in [5.41, 5.74) is 6.34. The maximum Gasteiger partial charge on any atom is 0.261 e. The van der Waals surface area contributed by atoms with Crippen LogP contribution in [-0.4, -0.2) is 36.9 Å². The number of nitrogens with two attached hydrogens (primary N) is 1. The molecule has 0 aliphatic heterocycles. The number of benzene rings is 1. The van der Waals surface area contributed by atoms with Crippen LogP contribution in [0.4, 0.5) is 0 Å². The average Bonchev–Trinajstić information content (AvgIpc) is 2.61. The third kappa shape index (κ3) is 3.39. The Morgan fingerprint density at radius 2 is 1.72 bits per heavy atom. The second-order valence-electron chi connectivity index (χ2n) is 6.07. The predicted octanol–water partition coefficient (Wildman–Crippen LogP) is 2.29. The van der Waals surface area contributed by atoms with E-state index in [0.717, 1.165) is 25.7 Å². The van der Waals surface area contributed by atoms with Gasteiger partial charge in [-0.3, -0.25) is 9.36 Å². The van der Waals surface area contributed by atoms with Gasteiger partial charge in [-0.25, -0.2) is 4.98 Å². The van der Waals surface area contributed by atoms with Crippen LogP contribution in [0, 0.1) is 0 Å². The van der Waals surface area contributed by atoms with E-state index in [2.05, 4.69) is 4.98 Å². The molecule has 1 saturated carbocycles. The van der Waals surface area contributed by atoms with Crippen molar-refractivity contribution in [2.75, 3.05) is 21.3 Å². The lowest BCUT2D eigenvalue weighted by molar-refractivity contribution is 0.315. The van der Waals surface area contributed by atoms with Gasteiger partial charge >= 0.3 is 0 Å². The zero-order valence-electron chi connectivity index (χ0n) is 14.7. The van der Waals surface area contributed by atoms with Gasteiger partial charge in [0.2, 0.25) is 5.75 Å². The van der Waals surface area contributed by atoms with Gasteiger partial charge in [-0.15, -0.1) is 12.4 Å². The Hall–Kier alpha value is -1.99. The summed E-state index contributed by atoms with van der Waals surface area (Å²) in [5.74, 6) is 1.28. The second-order valence-corrected chi connectivity index (χ2v) is 6.07. The normalized spacial score (nSPS) is 20.0. The highest BCUT2D eigenvalue weighted by Gasteiger charge is 2.24. The van der Waals surface area contributed by atoms with E-state index in [9.17, 15) is 4.79 Å². The number of fused-ring (bicyclic) bond motifs is 1. The molecule has 0 bridgehead atoms. The van der Waals surface area contributed by atoms with Crippen molar-refractivity contribution in [2.24, 2.45) is 5.73 Å². The lowest BCUT2D eigenvalue weighted by atomic mass is 9.91. The van der Waals surface area contributed by atoms with Crippen molar-refractivity contribution < 1.29 is 14.2 Å². The van der Waals surface area contributed by atoms with E-state index in [1.165, 1.54) is 21.3 Å². The van der Waals surface area contributed by atoms with Crippen LogP contribution in [-0.2, 0) is 0 Å². The minimum atomic E-state index is -0.0975. The summed E-state index contributed by atoms with van der Waals surface area (Å²) >= 11 is 0. The molecule has 0 saturated heterocycles. The highest BCUT2D eigenvalue weighted by molar-refractivity contribution is 5.89. The fraction of sp³-hybridized carbons (Fsp3) is 0.529. The first kappa shape index (κ1) is 19.3. The lowest BCUT2D eigenvalue weighted by Crippen LogP contribution is -2.32. The summed E-state index contributed by atoms with van der Waals surface area (Å²) in [5, 5.41) is 0.460. The Bertz CT molecular complexity index is 801. The molecule has 0 amide bonds. The number of methoxy groups -OCH3 is 3. The van der Waals surface area contributed by atoms with Gasteiger partial charge in [0.1, 0.15) is 5.52 Å². The van der Waals surface area contributed by atoms with E-state index in [0.29, 0.717) is 28.2 Å². The molecule has 7 nitrogen and oxygen atoms in total. The van der Waals surface area contributed by atoms with Crippen LogP contribution < -0.4 is 25.5 Å². The lowest BCUT2D eigenvalue weighted by Gasteiger charge is -2.27. The molecule has 2 aromatic rings. The van der Waals surface area contributed by atoms with Crippen molar-refractivity contribution in [1.82, 2.24) is 9.55 Å². The molecule has 1 aromatic heterocycles.